The minimum atomic E-state index is -0.0834. The Morgan fingerprint density at radius 1 is 0.333 bits per heavy atom. The van der Waals surface area contributed by atoms with E-state index in [1.807, 2.05) is 0 Å². The zero-order valence-corrected chi connectivity index (χ0v) is 33.5. The van der Waals surface area contributed by atoms with Crippen LogP contribution in [0.2, 0.25) is 0 Å². The second kappa shape index (κ2) is 36.3. The molecule has 48 heavy (non-hydrogen) atoms. The lowest BCUT2D eigenvalue weighted by Crippen LogP contribution is -2.47. The van der Waals surface area contributed by atoms with Crippen molar-refractivity contribution in [3.63, 3.8) is 0 Å². The number of esters is 1. The molecule has 0 aromatic carbocycles. The summed E-state index contributed by atoms with van der Waals surface area (Å²) in [4.78, 5) is 11.7. The Morgan fingerprint density at radius 3 is 0.667 bits per heavy atom. The topological polar surface area (TPSA) is 26.3 Å². The third-order valence-electron chi connectivity index (χ3n) is 11.5. The fraction of sp³-hybridized carbons (Fsp3) is 0.978. The Labute approximate surface area is 303 Å². The van der Waals surface area contributed by atoms with E-state index in [4.69, 9.17) is 4.74 Å². The van der Waals surface area contributed by atoms with Gasteiger partial charge in [-0.1, -0.05) is 251 Å². The lowest BCUT2D eigenvalue weighted by atomic mass is 9.83. The van der Waals surface area contributed by atoms with Gasteiger partial charge in [0.15, 0.2) is 0 Å². The highest BCUT2D eigenvalue weighted by Crippen LogP contribution is 2.38. The van der Waals surface area contributed by atoms with E-state index in [-0.39, 0.29) is 11.6 Å². The summed E-state index contributed by atoms with van der Waals surface area (Å²) in [6.45, 7) is 4.61. The van der Waals surface area contributed by atoms with Crippen LogP contribution in [0.1, 0.15) is 284 Å². The van der Waals surface area contributed by atoms with Gasteiger partial charge in [0.05, 0.1) is 6.42 Å². The molecule has 1 aliphatic heterocycles. The van der Waals surface area contributed by atoms with E-state index in [1.54, 1.807) is 0 Å². The molecule has 1 rings (SSSR count). The van der Waals surface area contributed by atoms with Gasteiger partial charge in [0.25, 0.3) is 0 Å². The predicted octanol–water partition coefficient (Wildman–Crippen LogP) is 16.7. The summed E-state index contributed by atoms with van der Waals surface area (Å²) >= 11 is 0. The van der Waals surface area contributed by atoms with Gasteiger partial charge in [-0.05, 0) is 25.7 Å². The molecule has 0 aromatic rings. The number of carbonyl (C=O) groups is 1. The van der Waals surface area contributed by atoms with Gasteiger partial charge in [-0.2, -0.15) is 0 Å². The number of carbonyl (C=O) groups excluding carboxylic acids is 1. The average Bonchev–Trinajstić information content (AvgIpc) is 3.07. The van der Waals surface area contributed by atoms with E-state index in [0.717, 1.165) is 12.8 Å². The monoisotopic (exact) mass is 675 g/mol. The van der Waals surface area contributed by atoms with Crippen molar-refractivity contribution in [1.82, 2.24) is 0 Å². The first kappa shape index (κ1) is 45.5. The van der Waals surface area contributed by atoms with E-state index < -0.39 is 0 Å². The molecule has 0 aliphatic carbocycles. The molecule has 1 saturated heterocycles. The average molecular weight is 675 g/mol. The molecule has 286 valence electrons. The number of hydrogen-bond donors (Lipinski definition) is 0. The maximum atomic E-state index is 11.7. The maximum Gasteiger partial charge on any atom is 0.310 e. The first-order valence-corrected chi connectivity index (χ1v) is 22.9. The highest BCUT2D eigenvalue weighted by atomic mass is 16.6. The second-order valence-corrected chi connectivity index (χ2v) is 16.4. The Bertz CT molecular complexity index is 634. The molecule has 0 radical (unpaired) electrons. The van der Waals surface area contributed by atoms with Gasteiger partial charge in [-0.3, -0.25) is 4.79 Å². The van der Waals surface area contributed by atoms with Gasteiger partial charge in [0.2, 0.25) is 0 Å². The van der Waals surface area contributed by atoms with Crippen LogP contribution in [0, 0.1) is 0 Å². The highest BCUT2D eigenvalue weighted by molar-refractivity contribution is 5.76. The molecule has 0 spiro atoms. The van der Waals surface area contributed by atoms with Crippen LogP contribution in [0.4, 0.5) is 0 Å². The Morgan fingerprint density at radius 2 is 0.500 bits per heavy atom. The Hall–Kier alpha value is -0.530. The molecular weight excluding hydrogens is 585 g/mol. The number of ether oxygens (including phenoxy) is 1. The van der Waals surface area contributed by atoms with Crippen LogP contribution in [-0.4, -0.2) is 11.6 Å². The molecule has 0 aromatic heterocycles. The predicted molar refractivity (Wildman–Crippen MR) is 214 cm³/mol. The van der Waals surface area contributed by atoms with Crippen LogP contribution < -0.4 is 0 Å². The van der Waals surface area contributed by atoms with Gasteiger partial charge >= 0.3 is 5.97 Å². The van der Waals surface area contributed by atoms with Crippen molar-refractivity contribution in [2.45, 2.75) is 289 Å². The number of unbranched alkanes of at least 4 members (excludes halogenated alkanes) is 37. The van der Waals surface area contributed by atoms with Crippen molar-refractivity contribution >= 4 is 5.97 Å². The smallest absolute Gasteiger partial charge is 0.310 e. The zero-order valence-electron chi connectivity index (χ0n) is 33.5. The Balaban J connectivity index is 1.80. The molecule has 1 atom stereocenters. The summed E-state index contributed by atoms with van der Waals surface area (Å²) in [7, 11) is 0. The number of rotatable bonds is 41. The van der Waals surface area contributed by atoms with Gasteiger partial charge in [-0.25, -0.2) is 0 Å². The minimum absolute atomic E-state index is 0.0426. The summed E-state index contributed by atoms with van der Waals surface area (Å²) in [6.07, 6.45) is 58.4. The van der Waals surface area contributed by atoms with Crippen LogP contribution in [-0.2, 0) is 9.53 Å². The molecule has 0 saturated carbocycles. The molecule has 1 unspecified atom stereocenters. The van der Waals surface area contributed by atoms with Crippen LogP contribution in [0.25, 0.3) is 0 Å². The summed E-state index contributed by atoms with van der Waals surface area (Å²) in [5.74, 6) is 0.0426. The fourth-order valence-corrected chi connectivity index (χ4v) is 8.13. The van der Waals surface area contributed by atoms with Gasteiger partial charge in [-0.15, -0.1) is 0 Å². The van der Waals surface area contributed by atoms with Crippen molar-refractivity contribution in [3.8, 4) is 0 Å². The summed E-state index contributed by atoms with van der Waals surface area (Å²) in [5.41, 5.74) is -0.0834. The van der Waals surface area contributed by atoms with Crippen LogP contribution in [0.5, 0.6) is 0 Å². The van der Waals surface area contributed by atoms with E-state index in [0.29, 0.717) is 6.42 Å². The lowest BCUT2D eigenvalue weighted by Gasteiger charge is -2.41. The van der Waals surface area contributed by atoms with E-state index in [1.165, 1.54) is 250 Å². The third-order valence-corrected chi connectivity index (χ3v) is 11.5. The van der Waals surface area contributed by atoms with Crippen molar-refractivity contribution in [2.24, 2.45) is 0 Å². The molecule has 1 fully saturated rings. The van der Waals surface area contributed by atoms with Crippen molar-refractivity contribution < 1.29 is 9.53 Å². The molecule has 0 N–H and O–H groups in total. The minimum Gasteiger partial charge on any atom is -0.458 e. The maximum absolute atomic E-state index is 11.7. The first-order chi connectivity index (χ1) is 23.7. The molecule has 0 bridgehead atoms. The highest BCUT2D eigenvalue weighted by Gasteiger charge is 2.44. The van der Waals surface area contributed by atoms with Crippen LogP contribution in [0.15, 0.2) is 0 Å². The van der Waals surface area contributed by atoms with Gasteiger partial charge in [0.1, 0.15) is 5.60 Å². The molecule has 0 amide bonds. The molecule has 2 nitrogen and oxygen atoms in total. The lowest BCUT2D eigenvalue weighted by molar-refractivity contribution is -0.194. The van der Waals surface area contributed by atoms with E-state index in [9.17, 15) is 4.79 Å². The summed E-state index contributed by atoms with van der Waals surface area (Å²) in [5, 5.41) is 0. The summed E-state index contributed by atoms with van der Waals surface area (Å²) < 4.78 is 5.77. The molecule has 1 heterocycles. The SMILES string of the molecule is CCCCCCCCCCCCCCCCCCCCCCC1(CCCCCCCCCCCCCCCCCCCCC)CC(=O)O1. The fourth-order valence-electron chi connectivity index (χ4n) is 8.13. The van der Waals surface area contributed by atoms with E-state index >= 15 is 0 Å². The first-order valence-electron chi connectivity index (χ1n) is 22.9. The van der Waals surface area contributed by atoms with Gasteiger partial charge in [0, 0.05) is 0 Å². The van der Waals surface area contributed by atoms with Crippen molar-refractivity contribution in [1.29, 1.82) is 0 Å². The van der Waals surface area contributed by atoms with Crippen molar-refractivity contribution in [2.75, 3.05) is 0 Å². The summed E-state index contributed by atoms with van der Waals surface area (Å²) in [6, 6.07) is 0. The standard InChI is InChI=1S/C46H90O2/c1-3-5-7-9-11-13-15-17-19-21-23-25-27-29-31-33-35-37-39-41-43-46(44-45(47)48-46)42-40-38-36-34-32-30-28-26-24-22-20-18-16-14-12-10-8-6-4-2/h3-44H2,1-2H3. The molecule has 1 aliphatic rings. The molecule has 2 heteroatoms. The zero-order chi connectivity index (χ0) is 34.5. The van der Waals surface area contributed by atoms with Crippen LogP contribution in [0.3, 0.4) is 0 Å². The van der Waals surface area contributed by atoms with Crippen molar-refractivity contribution in [3.05, 3.63) is 0 Å². The van der Waals surface area contributed by atoms with Gasteiger partial charge < -0.3 is 4.74 Å². The quantitative estimate of drug-likeness (QED) is 0.0476. The number of hydrogen-bond acceptors (Lipinski definition) is 2. The third kappa shape index (κ3) is 30.3. The van der Waals surface area contributed by atoms with E-state index in [2.05, 4.69) is 13.8 Å². The largest absolute Gasteiger partial charge is 0.458 e. The normalized spacial score (nSPS) is 16.0. The number of cyclic esters (lactones) is 1. The molecular formula is C46H90O2. The Kier molecular flexibility index (Phi) is 34.4. The second-order valence-electron chi connectivity index (χ2n) is 16.4. The van der Waals surface area contributed by atoms with Crippen LogP contribution >= 0.6 is 0 Å².